The van der Waals surface area contributed by atoms with Crippen molar-refractivity contribution in [2.24, 2.45) is 0 Å². The lowest BCUT2D eigenvalue weighted by Gasteiger charge is -2.20. The third-order valence-corrected chi connectivity index (χ3v) is 4.39. The number of anilines is 1. The zero-order valence-corrected chi connectivity index (χ0v) is 17.0. The van der Waals surface area contributed by atoms with Crippen LogP contribution in [0.5, 0.6) is 0 Å². The molecule has 0 aliphatic carbocycles. The minimum atomic E-state index is -0.559. The Balaban J connectivity index is 2.25. The number of esters is 1. The van der Waals surface area contributed by atoms with Gasteiger partial charge in [-0.25, -0.2) is 4.79 Å². The number of nitrogens with zero attached hydrogens (tertiary/aromatic N) is 1. The van der Waals surface area contributed by atoms with Crippen LogP contribution in [0.25, 0.3) is 6.08 Å². The first-order valence-electron chi connectivity index (χ1n) is 9.60. The lowest BCUT2D eigenvalue weighted by Crippen LogP contribution is -2.28. The predicted octanol–water partition coefficient (Wildman–Crippen LogP) is 4.18. The molecule has 0 bridgehead atoms. The van der Waals surface area contributed by atoms with Gasteiger partial charge in [-0.2, -0.15) is 0 Å². The van der Waals surface area contributed by atoms with E-state index in [9.17, 15) is 9.59 Å². The van der Waals surface area contributed by atoms with Gasteiger partial charge in [0, 0.05) is 24.3 Å². The van der Waals surface area contributed by atoms with Crippen LogP contribution in [0.3, 0.4) is 0 Å². The average molecular weight is 380 g/mol. The highest BCUT2D eigenvalue weighted by atomic mass is 16.5. The van der Waals surface area contributed by atoms with Crippen molar-refractivity contribution < 1.29 is 14.3 Å². The van der Waals surface area contributed by atoms with E-state index in [1.165, 1.54) is 0 Å². The molecule has 5 heteroatoms. The number of aryl methyl sites for hydroxylation is 1. The molecular formula is C23H28N2O3. The van der Waals surface area contributed by atoms with Gasteiger partial charge in [0.2, 0.25) is 0 Å². The maximum absolute atomic E-state index is 12.5. The molecule has 0 atom stereocenters. The fourth-order valence-electron chi connectivity index (χ4n) is 2.79. The maximum atomic E-state index is 12.5. The summed E-state index contributed by atoms with van der Waals surface area (Å²) in [6.07, 6.45) is 1.64. The molecule has 0 fully saturated rings. The molecular weight excluding hydrogens is 352 g/mol. The summed E-state index contributed by atoms with van der Waals surface area (Å²) >= 11 is 0. The summed E-state index contributed by atoms with van der Waals surface area (Å²) in [6.45, 7) is 9.98. The van der Waals surface area contributed by atoms with Gasteiger partial charge in [-0.15, -0.1) is 0 Å². The Bertz CT molecular complexity index is 820. The minimum Gasteiger partial charge on any atom is -0.461 e. The van der Waals surface area contributed by atoms with Crippen molar-refractivity contribution in [2.45, 2.75) is 27.7 Å². The molecule has 0 aliphatic rings. The molecule has 28 heavy (non-hydrogen) atoms. The number of nitrogens with one attached hydrogen (secondary N) is 1. The summed E-state index contributed by atoms with van der Waals surface area (Å²) in [4.78, 5) is 27.1. The molecule has 0 aromatic heterocycles. The molecule has 2 aromatic carbocycles. The SMILES string of the molecule is CCOC(=O)C(=Cc1ccc(N(CC)CC)cc1)NC(=O)c1ccc(C)cc1. The van der Waals surface area contributed by atoms with Crippen LogP contribution in [0.4, 0.5) is 5.69 Å². The molecule has 0 unspecified atom stereocenters. The number of hydrogen-bond donors (Lipinski definition) is 1. The molecule has 2 aromatic rings. The van der Waals surface area contributed by atoms with Crippen LogP contribution in [-0.2, 0) is 9.53 Å². The molecule has 1 amide bonds. The average Bonchev–Trinajstić information content (AvgIpc) is 2.70. The number of hydrogen-bond acceptors (Lipinski definition) is 4. The van der Waals surface area contributed by atoms with Crippen LogP contribution in [0.15, 0.2) is 54.2 Å². The van der Waals surface area contributed by atoms with Crippen LogP contribution in [-0.4, -0.2) is 31.6 Å². The van der Waals surface area contributed by atoms with Gasteiger partial charge in [-0.05, 0) is 63.6 Å². The van der Waals surface area contributed by atoms with Crippen molar-refractivity contribution in [2.75, 3.05) is 24.6 Å². The fourth-order valence-corrected chi connectivity index (χ4v) is 2.79. The van der Waals surface area contributed by atoms with Gasteiger partial charge >= 0.3 is 5.97 Å². The van der Waals surface area contributed by atoms with Crippen LogP contribution < -0.4 is 10.2 Å². The zero-order chi connectivity index (χ0) is 20.5. The highest BCUT2D eigenvalue weighted by Gasteiger charge is 2.15. The minimum absolute atomic E-state index is 0.114. The van der Waals surface area contributed by atoms with Crippen molar-refractivity contribution in [1.82, 2.24) is 5.32 Å². The molecule has 0 saturated heterocycles. The number of benzene rings is 2. The smallest absolute Gasteiger partial charge is 0.354 e. The van der Waals surface area contributed by atoms with Crippen LogP contribution in [0, 0.1) is 6.92 Å². The van der Waals surface area contributed by atoms with Gasteiger partial charge in [0.25, 0.3) is 5.91 Å². The summed E-state index contributed by atoms with van der Waals surface area (Å²) in [5.41, 5.74) is 3.58. The topological polar surface area (TPSA) is 58.6 Å². The normalized spacial score (nSPS) is 11.1. The summed E-state index contributed by atoms with van der Waals surface area (Å²) in [6, 6.07) is 15.0. The van der Waals surface area contributed by atoms with E-state index in [4.69, 9.17) is 4.74 Å². The van der Waals surface area contributed by atoms with Crippen molar-refractivity contribution >= 4 is 23.6 Å². The maximum Gasteiger partial charge on any atom is 0.354 e. The van der Waals surface area contributed by atoms with Gasteiger partial charge in [0.15, 0.2) is 0 Å². The predicted molar refractivity (Wildman–Crippen MR) is 113 cm³/mol. The van der Waals surface area contributed by atoms with Crippen LogP contribution >= 0.6 is 0 Å². The second-order valence-electron chi connectivity index (χ2n) is 6.36. The quantitative estimate of drug-likeness (QED) is 0.551. The largest absolute Gasteiger partial charge is 0.461 e. The molecule has 0 heterocycles. The van der Waals surface area contributed by atoms with E-state index < -0.39 is 5.97 Å². The molecule has 2 rings (SSSR count). The monoisotopic (exact) mass is 380 g/mol. The van der Waals surface area contributed by atoms with Gasteiger partial charge in [-0.1, -0.05) is 29.8 Å². The molecule has 0 aliphatic heterocycles. The standard InChI is InChI=1S/C23H28N2O3/c1-5-25(6-2)20-14-10-18(11-15-20)16-21(23(27)28-7-3)24-22(26)19-12-8-17(4)9-13-19/h8-16H,5-7H2,1-4H3,(H,24,26). The Morgan fingerprint density at radius 3 is 2.11 bits per heavy atom. The first-order chi connectivity index (χ1) is 13.5. The summed E-state index contributed by atoms with van der Waals surface area (Å²) in [5.74, 6) is -0.908. The summed E-state index contributed by atoms with van der Waals surface area (Å²) in [5, 5.41) is 2.68. The Hall–Kier alpha value is -3.08. The molecule has 1 N–H and O–H groups in total. The van der Waals surface area contributed by atoms with Crippen LogP contribution in [0.1, 0.15) is 42.3 Å². The van der Waals surface area contributed by atoms with E-state index in [1.807, 2.05) is 43.3 Å². The van der Waals surface area contributed by atoms with Crippen molar-refractivity contribution in [3.8, 4) is 0 Å². The molecule has 148 valence electrons. The second-order valence-corrected chi connectivity index (χ2v) is 6.36. The van der Waals surface area contributed by atoms with Gasteiger partial charge < -0.3 is 15.0 Å². The highest BCUT2D eigenvalue weighted by Crippen LogP contribution is 2.17. The first kappa shape index (κ1) is 21.2. The van der Waals surface area contributed by atoms with E-state index in [1.54, 1.807) is 25.1 Å². The third-order valence-electron chi connectivity index (χ3n) is 4.39. The highest BCUT2D eigenvalue weighted by molar-refractivity contribution is 6.03. The molecule has 5 nitrogen and oxygen atoms in total. The number of carbonyl (C=O) groups is 2. The van der Waals surface area contributed by atoms with Crippen molar-refractivity contribution in [3.05, 3.63) is 70.9 Å². The Labute approximate surface area is 167 Å². The van der Waals surface area contributed by atoms with E-state index in [2.05, 4.69) is 24.1 Å². The van der Waals surface area contributed by atoms with Gasteiger partial charge in [-0.3, -0.25) is 4.79 Å². The third kappa shape index (κ3) is 5.71. The zero-order valence-electron chi connectivity index (χ0n) is 17.0. The Morgan fingerprint density at radius 1 is 0.964 bits per heavy atom. The van der Waals surface area contributed by atoms with E-state index >= 15 is 0 Å². The molecule has 0 saturated carbocycles. The lowest BCUT2D eigenvalue weighted by atomic mass is 10.1. The van der Waals surface area contributed by atoms with Crippen LogP contribution in [0.2, 0.25) is 0 Å². The Kier molecular flexibility index (Phi) is 7.81. The van der Waals surface area contributed by atoms with Gasteiger partial charge in [0.05, 0.1) is 6.61 Å². The van der Waals surface area contributed by atoms with E-state index in [0.29, 0.717) is 5.56 Å². The first-order valence-corrected chi connectivity index (χ1v) is 9.60. The fraction of sp³-hybridized carbons (Fsp3) is 0.304. The summed E-state index contributed by atoms with van der Waals surface area (Å²) in [7, 11) is 0. The summed E-state index contributed by atoms with van der Waals surface area (Å²) < 4.78 is 5.10. The molecule has 0 spiro atoms. The number of amides is 1. The number of rotatable bonds is 8. The molecule has 0 radical (unpaired) electrons. The van der Waals surface area contributed by atoms with Crippen molar-refractivity contribution in [1.29, 1.82) is 0 Å². The Morgan fingerprint density at radius 2 is 1.57 bits per heavy atom. The van der Waals surface area contributed by atoms with E-state index in [-0.39, 0.29) is 18.2 Å². The van der Waals surface area contributed by atoms with Crippen molar-refractivity contribution in [3.63, 3.8) is 0 Å². The van der Waals surface area contributed by atoms with E-state index in [0.717, 1.165) is 29.9 Å². The van der Waals surface area contributed by atoms with Gasteiger partial charge in [0.1, 0.15) is 5.70 Å². The second kappa shape index (κ2) is 10.3. The number of carbonyl (C=O) groups excluding carboxylic acids is 2. The number of ether oxygens (including phenoxy) is 1. The lowest BCUT2D eigenvalue weighted by molar-refractivity contribution is -0.138.